The molecular formula is C62H36OS. The molecule has 14 aromatic rings. The number of furan rings is 1. The summed E-state index contributed by atoms with van der Waals surface area (Å²) in [5.41, 5.74) is 11.9. The maximum Gasteiger partial charge on any atom is 0.143 e. The minimum absolute atomic E-state index is 0.908. The second-order valence-electron chi connectivity index (χ2n) is 17.0. The monoisotopic (exact) mass is 828 g/mol. The molecule has 2 aromatic heterocycles. The van der Waals surface area contributed by atoms with Crippen molar-refractivity contribution in [3.8, 4) is 44.5 Å². The third-order valence-corrected chi connectivity index (χ3v) is 14.9. The summed E-state index contributed by atoms with van der Waals surface area (Å²) in [6, 6.07) is 80.4. The van der Waals surface area contributed by atoms with Gasteiger partial charge in [-0.25, -0.2) is 0 Å². The van der Waals surface area contributed by atoms with Crippen molar-refractivity contribution in [2.24, 2.45) is 0 Å². The molecule has 0 atom stereocenters. The van der Waals surface area contributed by atoms with E-state index < -0.39 is 0 Å². The van der Waals surface area contributed by atoms with Gasteiger partial charge in [0.05, 0.1) is 0 Å². The molecule has 0 fully saturated rings. The number of hydrogen-bond donors (Lipinski definition) is 0. The van der Waals surface area contributed by atoms with Crippen LogP contribution in [-0.2, 0) is 0 Å². The van der Waals surface area contributed by atoms with Gasteiger partial charge >= 0.3 is 0 Å². The number of benzene rings is 12. The fraction of sp³-hybridized carbons (Fsp3) is 0. The summed E-state index contributed by atoms with van der Waals surface area (Å²) in [4.78, 5) is 0. The third-order valence-electron chi connectivity index (χ3n) is 13.6. The van der Waals surface area contributed by atoms with Crippen molar-refractivity contribution in [1.82, 2.24) is 0 Å². The standard InChI is InChI=1S/C62H36OS/c1-2-16-38(17-3-1)57-42-19-6-8-21-44(42)59(45-22-9-7-20-43(45)57)40-31-34-56-54(36-40)51-27-14-28-52(62(51)64-56)60-48-25-12-10-23-46(48)58(47-24-11-13-26-49(47)60)39-30-33-55-53(35-39)50-32-29-37-15-4-5-18-41(37)61(50)63-55/h1-36H. The highest BCUT2D eigenvalue weighted by molar-refractivity contribution is 7.26. The number of rotatable bonds is 4. The minimum atomic E-state index is 0.908. The molecule has 296 valence electrons. The molecule has 0 unspecified atom stereocenters. The molecule has 0 N–H and O–H groups in total. The minimum Gasteiger partial charge on any atom is -0.455 e. The van der Waals surface area contributed by atoms with Crippen LogP contribution in [0.3, 0.4) is 0 Å². The molecule has 0 aliphatic rings. The van der Waals surface area contributed by atoms with Crippen LogP contribution < -0.4 is 0 Å². The average Bonchev–Trinajstić information content (AvgIpc) is 3.93. The molecule has 0 saturated heterocycles. The molecule has 0 saturated carbocycles. The smallest absolute Gasteiger partial charge is 0.143 e. The first kappa shape index (κ1) is 35.5. The highest BCUT2D eigenvalue weighted by Crippen LogP contribution is 2.50. The van der Waals surface area contributed by atoms with E-state index in [-0.39, 0.29) is 0 Å². The van der Waals surface area contributed by atoms with Crippen molar-refractivity contribution in [2.45, 2.75) is 0 Å². The first-order chi connectivity index (χ1) is 31.8. The zero-order chi connectivity index (χ0) is 41.9. The molecular weight excluding hydrogens is 793 g/mol. The summed E-state index contributed by atoms with van der Waals surface area (Å²) in [7, 11) is 0. The molecule has 1 nitrogen and oxygen atoms in total. The Bertz CT molecular complexity index is 4130. The van der Waals surface area contributed by atoms with Gasteiger partial charge in [0, 0.05) is 41.9 Å². The Kier molecular flexibility index (Phi) is 7.63. The Balaban J connectivity index is 0.985. The Labute approximate surface area is 372 Å². The number of fused-ring (bicyclic) bond motifs is 12. The summed E-state index contributed by atoms with van der Waals surface area (Å²) >= 11 is 1.91. The molecule has 2 heterocycles. The van der Waals surface area contributed by atoms with Crippen LogP contribution in [0.25, 0.3) is 140 Å². The van der Waals surface area contributed by atoms with Gasteiger partial charge in [0.15, 0.2) is 0 Å². The Morgan fingerprint density at radius 3 is 1.38 bits per heavy atom. The molecule has 0 amide bonds. The van der Waals surface area contributed by atoms with Gasteiger partial charge in [0.2, 0.25) is 0 Å². The fourth-order valence-corrected chi connectivity index (χ4v) is 12.1. The van der Waals surface area contributed by atoms with E-state index in [0.29, 0.717) is 0 Å². The van der Waals surface area contributed by atoms with E-state index >= 15 is 0 Å². The van der Waals surface area contributed by atoms with Crippen LogP contribution in [0.2, 0.25) is 0 Å². The molecule has 0 spiro atoms. The van der Waals surface area contributed by atoms with Crippen molar-refractivity contribution in [1.29, 1.82) is 0 Å². The Morgan fingerprint density at radius 2 is 0.766 bits per heavy atom. The van der Waals surface area contributed by atoms with Crippen LogP contribution in [0.1, 0.15) is 0 Å². The summed E-state index contributed by atoms with van der Waals surface area (Å²) in [5.74, 6) is 0. The zero-order valence-corrected chi connectivity index (χ0v) is 35.4. The SMILES string of the molecule is c1ccc(-c2c3ccccc3c(-c3ccc4sc5c(-c6c7ccccc7c(-c7ccc8oc9c%10ccccc%10ccc9c8c7)c7ccccc67)cccc5c4c3)c3ccccc23)cc1. The van der Waals surface area contributed by atoms with Crippen molar-refractivity contribution in [2.75, 3.05) is 0 Å². The maximum atomic E-state index is 6.57. The predicted octanol–water partition coefficient (Wildman–Crippen LogP) is 18.4. The lowest BCUT2D eigenvalue weighted by atomic mass is 9.85. The van der Waals surface area contributed by atoms with Crippen LogP contribution in [0, 0.1) is 0 Å². The lowest BCUT2D eigenvalue weighted by molar-refractivity contribution is 0.672. The van der Waals surface area contributed by atoms with Crippen molar-refractivity contribution >= 4 is 107 Å². The summed E-state index contributed by atoms with van der Waals surface area (Å²) in [6.45, 7) is 0. The van der Waals surface area contributed by atoms with E-state index in [2.05, 4.69) is 218 Å². The molecule has 0 aliphatic heterocycles. The molecule has 0 bridgehead atoms. The van der Waals surface area contributed by atoms with Crippen LogP contribution in [0.5, 0.6) is 0 Å². The first-order valence-electron chi connectivity index (χ1n) is 22.0. The van der Waals surface area contributed by atoms with Crippen LogP contribution in [0.15, 0.2) is 223 Å². The normalized spacial score (nSPS) is 12.1. The van der Waals surface area contributed by atoms with Crippen LogP contribution in [-0.4, -0.2) is 0 Å². The third kappa shape index (κ3) is 5.12. The molecule has 2 heteroatoms. The Morgan fingerprint density at radius 1 is 0.281 bits per heavy atom. The maximum absolute atomic E-state index is 6.57. The lowest BCUT2D eigenvalue weighted by Gasteiger charge is -2.18. The molecule has 0 aliphatic carbocycles. The second kappa shape index (κ2) is 13.7. The highest BCUT2D eigenvalue weighted by Gasteiger charge is 2.22. The summed E-state index contributed by atoms with van der Waals surface area (Å²) < 4.78 is 9.17. The van der Waals surface area contributed by atoms with E-state index in [4.69, 9.17) is 4.42 Å². The quantitative estimate of drug-likeness (QED) is 0.161. The van der Waals surface area contributed by atoms with Gasteiger partial charge in [-0.15, -0.1) is 11.3 Å². The lowest BCUT2D eigenvalue weighted by Crippen LogP contribution is -1.91. The first-order valence-corrected chi connectivity index (χ1v) is 22.8. The predicted molar refractivity (Wildman–Crippen MR) is 276 cm³/mol. The Hall–Kier alpha value is -8.04. The van der Waals surface area contributed by atoms with Crippen molar-refractivity contribution in [3.05, 3.63) is 218 Å². The highest BCUT2D eigenvalue weighted by atomic mass is 32.1. The summed E-state index contributed by atoms with van der Waals surface area (Å²) in [6.07, 6.45) is 0. The molecule has 0 radical (unpaired) electrons. The topological polar surface area (TPSA) is 13.1 Å². The molecule has 64 heavy (non-hydrogen) atoms. The largest absolute Gasteiger partial charge is 0.455 e. The zero-order valence-electron chi connectivity index (χ0n) is 34.6. The van der Waals surface area contributed by atoms with Gasteiger partial charge in [-0.1, -0.05) is 188 Å². The van der Waals surface area contributed by atoms with E-state index in [1.807, 2.05) is 11.3 Å². The van der Waals surface area contributed by atoms with E-state index in [1.165, 1.54) is 113 Å². The van der Waals surface area contributed by atoms with Gasteiger partial charge in [-0.3, -0.25) is 0 Å². The van der Waals surface area contributed by atoms with Gasteiger partial charge < -0.3 is 4.42 Å². The second-order valence-corrected chi connectivity index (χ2v) is 18.1. The van der Waals surface area contributed by atoms with E-state index in [1.54, 1.807) is 0 Å². The number of hydrogen-bond acceptors (Lipinski definition) is 2. The fourth-order valence-electron chi connectivity index (χ4n) is 10.9. The van der Waals surface area contributed by atoms with Crippen molar-refractivity contribution in [3.63, 3.8) is 0 Å². The summed E-state index contributed by atoms with van der Waals surface area (Å²) in [5, 5.41) is 17.3. The van der Waals surface area contributed by atoms with Gasteiger partial charge in [-0.05, 0) is 118 Å². The van der Waals surface area contributed by atoms with Gasteiger partial charge in [0.25, 0.3) is 0 Å². The molecule has 12 aromatic carbocycles. The molecule has 14 rings (SSSR count). The average molecular weight is 829 g/mol. The van der Waals surface area contributed by atoms with Gasteiger partial charge in [0.1, 0.15) is 11.2 Å². The van der Waals surface area contributed by atoms with Crippen molar-refractivity contribution < 1.29 is 4.42 Å². The van der Waals surface area contributed by atoms with E-state index in [9.17, 15) is 0 Å². The van der Waals surface area contributed by atoms with Crippen LogP contribution in [0.4, 0.5) is 0 Å². The van der Waals surface area contributed by atoms with Crippen LogP contribution >= 0.6 is 11.3 Å². The number of thiophene rings is 1. The van der Waals surface area contributed by atoms with E-state index in [0.717, 1.165) is 27.3 Å². The van der Waals surface area contributed by atoms with Gasteiger partial charge in [-0.2, -0.15) is 0 Å².